The molecule has 0 unspecified atom stereocenters. The molecular weight excluding hydrogens is 201 g/mol. The van der Waals surface area contributed by atoms with E-state index in [0.29, 0.717) is 5.69 Å². The third-order valence-electron chi connectivity index (χ3n) is 1.85. The lowest BCUT2D eigenvalue weighted by atomic mass is 10.2. The van der Waals surface area contributed by atoms with Crippen molar-refractivity contribution in [2.45, 2.75) is 12.8 Å². The van der Waals surface area contributed by atoms with E-state index in [-0.39, 0.29) is 10.8 Å². The standard InChI is InChI=1S/C11H13ClFN/c1-2-3-4-8-14-10-7-5-6-9(12)11(10)13/h2,5-7,14H,1,3-4,8H2. The van der Waals surface area contributed by atoms with Crippen LogP contribution in [-0.4, -0.2) is 6.54 Å². The summed E-state index contributed by atoms with van der Waals surface area (Å²) in [5.74, 6) is -0.382. The van der Waals surface area contributed by atoms with E-state index >= 15 is 0 Å². The Hall–Kier alpha value is -1.02. The molecule has 1 N–H and O–H groups in total. The van der Waals surface area contributed by atoms with Crippen LogP contribution in [0.2, 0.25) is 5.02 Å². The first-order chi connectivity index (χ1) is 6.75. The van der Waals surface area contributed by atoms with Crippen LogP contribution >= 0.6 is 11.6 Å². The molecule has 3 heteroatoms. The SMILES string of the molecule is C=CCCCNc1cccc(Cl)c1F. The average molecular weight is 214 g/mol. The minimum Gasteiger partial charge on any atom is -0.383 e. The van der Waals surface area contributed by atoms with Gasteiger partial charge in [-0.3, -0.25) is 0 Å². The van der Waals surface area contributed by atoms with Crippen molar-refractivity contribution in [1.82, 2.24) is 0 Å². The van der Waals surface area contributed by atoms with Gasteiger partial charge in [-0.05, 0) is 25.0 Å². The van der Waals surface area contributed by atoms with Gasteiger partial charge < -0.3 is 5.32 Å². The maximum Gasteiger partial charge on any atom is 0.164 e. The van der Waals surface area contributed by atoms with E-state index in [4.69, 9.17) is 11.6 Å². The van der Waals surface area contributed by atoms with Crippen LogP contribution in [0.15, 0.2) is 30.9 Å². The first kappa shape index (κ1) is 11.1. The third-order valence-corrected chi connectivity index (χ3v) is 2.14. The van der Waals surface area contributed by atoms with Crippen molar-refractivity contribution in [3.63, 3.8) is 0 Å². The van der Waals surface area contributed by atoms with Gasteiger partial charge in [0.05, 0.1) is 10.7 Å². The van der Waals surface area contributed by atoms with Crippen LogP contribution in [0, 0.1) is 5.82 Å². The molecule has 0 aliphatic heterocycles. The van der Waals surface area contributed by atoms with Crippen LogP contribution in [0.3, 0.4) is 0 Å². The molecule has 0 aliphatic carbocycles. The molecule has 0 aromatic heterocycles. The fraction of sp³-hybridized carbons (Fsp3) is 0.273. The highest BCUT2D eigenvalue weighted by molar-refractivity contribution is 6.31. The summed E-state index contributed by atoms with van der Waals surface area (Å²) in [5, 5.41) is 3.13. The molecule has 0 amide bonds. The fourth-order valence-corrected chi connectivity index (χ4v) is 1.28. The number of hydrogen-bond acceptors (Lipinski definition) is 1. The first-order valence-electron chi connectivity index (χ1n) is 4.54. The Morgan fingerprint density at radius 2 is 2.29 bits per heavy atom. The molecule has 0 heterocycles. The van der Waals surface area contributed by atoms with Crippen molar-refractivity contribution < 1.29 is 4.39 Å². The van der Waals surface area contributed by atoms with Crippen molar-refractivity contribution in [3.8, 4) is 0 Å². The number of rotatable bonds is 5. The number of allylic oxidation sites excluding steroid dienone is 1. The van der Waals surface area contributed by atoms with Crippen LogP contribution in [0.25, 0.3) is 0 Å². The van der Waals surface area contributed by atoms with Crippen molar-refractivity contribution in [1.29, 1.82) is 0 Å². The highest BCUT2D eigenvalue weighted by Gasteiger charge is 2.04. The number of anilines is 1. The lowest BCUT2D eigenvalue weighted by molar-refractivity contribution is 0.630. The molecule has 0 spiro atoms. The van der Waals surface area contributed by atoms with E-state index in [1.807, 2.05) is 6.08 Å². The van der Waals surface area contributed by atoms with Crippen molar-refractivity contribution in [3.05, 3.63) is 41.7 Å². The summed E-state index contributed by atoms with van der Waals surface area (Å²) in [6.07, 6.45) is 3.71. The summed E-state index contributed by atoms with van der Waals surface area (Å²) >= 11 is 5.62. The number of hydrogen-bond donors (Lipinski definition) is 1. The molecule has 0 saturated carbocycles. The molecule has 0 saturated heterocycles. The summed E-state index contributed by atoms with van der Waals surface area (Å²) in [7, 11) is 0. The predicted octanol–water partition coefficient (Wildman–Crippen LogP) is 3.86. The second-order valence-corrected chi connectivity index (χ2v) is 3.37. The zero-order chi connectivity index (χ0) is 10.4. The lowest BCUT2D eigenvalue weighted by Gasteiger charge is -2.06. The zero-order valence-corrected chi connectivity index (χ0v) is 8.65. The fourth-order valence-electron chi connectivity index (χ4n) is 1.11. The van der Waals surface area contributed by atoms with Gasteiger partial charge in [0.25, 0.3) is 0 Å². The van der Waals surface area contributed by atoms with Crippen molar-refractivity contribution >= 4 is 17.3 Å². The predicted molar refractivity (Wildman–Crippen MR) is 59.3 cm³/mol. The van der Waals surface area contributed by atoms with Gasteiger partial charge in [0.15, 0.2) is 5.82 Å². The number of benzene rings is 1. The maximum absolute atomic E-state index is 13.3. The van der Waals surface area contributed by atoms with Gasteiger partial charge in [-0.1, -0.05) is 23.7 Å². The Morgan fingerprint density at radius 3 is 3.00 bits per heavy atom. The van der Waals surface area contributed by atoms with Gasteiger partial charge in [0.1, 0.15) is 0 Å². The van der Waals surface area contributed by atoms with E-state index in [2.05, 4.69) is 11.9 Å². The van der Waals surface area contributed by atoms with E-state index in [1.54, 1.807) is 12.1 Å². The molecule has 0 atom stereocenters. The Morgan fingerprint density at radius 1 is 1.50 bits per heavy atom. The van der Waals surface area contributed by atoms with Gasteiger partial charge in [-0.2, -0.15) is 0 Å². The summed E-state index contributed by atoms with van der Waals surface area (Å²) in [5.41, 5.74) is 0.460. The molecule has 1 aromatic carbocycles. The molecule has 14 heavy (non-hydrogen) atoms. The largest absolute Gasteiger partial charge is 0.383 e. The Balaban J connectivity index is 2.50. The molecular formula is C11H13ClFN. The molecule has 76 valence electrons. The highest BCUT2D eigenvalue weighted by atomic mass is 35.5. The summed E-state index contributed by atoms with van der Waals surface area (Å²) in [6, 6.07) is 4.93. The Bertz CT molecular complexity index is 312. The van der Waals surface area contributed by atoms with E-state index < -0.39 is 0 Å². The summed E-state index contributed by atoms with van der Waals surface area (Å²) in [4.78, 5) is 0. The molecule has 0 aliphatic rings. The quantitative estimate of drug-likeness (QED) is 0.579. The van der Waals surface area contributed by atoms with Crippen molar-refractivity contribution in [2.24, 2.45) is 0 Å². The molecule has 1 aromatic rings. The number of nitrogens with one attached hydrogen (secondary N) is 1. The van der Waals surface area contributed by atoms with E-state index in [1.165, 1.54) is 6.07 Å². The van der Waals surface area contributed by atoms with Crippen LogP contribution < -0.4 is 5.32 Å². The van der Waals surface area contributed by atoms with Crippen molar-refractivity contribution in [2.75, 3.05) is 11.9 Å². The minimum absolute atomic E-state index is 0.152. The first-order valence-corrected chi connectivity index (χ1v) is 4.92. The summed E-state index contributed by atoms with van der Waals surface area (Å²) < 4.78 is 13.3. The molecule has 0 bridgehead atoms. The second-order valence-electron chi connectivity index (χ2n) is 2.96. The van der Waals surface area contributed by atoms with Gasteiger partial charge in [0, 0.05) is 6.54 Å². The minimum atomic E-state index is -0.382. The monoisotopic (exact) mass is 213 g/mol. The van der Waals surface area contributed by atoms with Gasteiger partial charge in [-0.25, -0.2) is 4.39 Å². The van der Waals surface area contributed by atoms with Crippen LogP contribution in [0.4, 0.5) is 10.1 Å². The Labute approximate surface area is 88.6 Å². The van der Waals surface area contributed by atoms with E-state index in [0.717, 1.165) is 19.4 Å². The third kappa shape index (κ3) is 3.04. The number of unbranched alkanes of at least 4 members (excludes halogenated alkanes) is 1. The van der Waals surface area contributed by atoms with Gasteiger partial charge in [0.2, 0.25) is 0 Å². The normalized spacial score (nSPS) is 9.86. The van der Waals surface area contributed by atoms with Gasteiger partial charge >= 0.3 is 0 Å². The smallest absolute Gasteiger partial charge is 0.164 e. The zero-order valence-electron chi connectivity index (χ0n) is 7.89. The van der Waals surface area contributed by atoms with Crippen LogP contribution in [0.1, 0.15) is 12.8 Å². The van der Waals surface area contributed by atoms with Gasteiger partial charge in [-0.15, -0.1) is 6.58 Å². The molecule has 1 nitrogen and oxygen atoms in total. The number of halogens is 2. The van der Waals surface area contributed by atoms with Crippen LogP contribution in [-0.2, 0) is 0 Å². The molecule has 1 rings (SSSR count). The maximum atomic E-state index is 13.3. The van der Waals surface area contributed by atoms with E-state index in [9.17, 15) is 4.39 Å². The Kier molecular flexibility index (Phi) is 4.47. The lowest BCUT2D eigenvalue weighted by Crippen LogP contribution is -2.02. The molecule has 0 radical (unpaired) electrons. The average Bonchev–Trinajstić information content (AvgIpc) is 2.19. The molecule has 0 fully saturated rings. The topological polar surface area (TPSA) is 12.0 Å². The second kappa shape index (κ2) is 5.66. The van der Waals surface area contributed by atoms with Crippen LogP contribution in [0.5, 0.6) is 0 Å². The highest BCUT2D eigenvalue weighted by Crippen LogP contribution is 2.21. The summed E-state index contributed by atoms with van der Waals surface area (Å²) in [6.45, 7) is 4.34.